The first-order valence-corrected chi connectivity index (χ1v) is 6.50. The van der Waals surface area contributed by atoms with E-state index in [0.717, 1.165) is 17.3 Å². The largest absolute Gasteiger partial charge is 0.381 e. The zero-order chi connectivity index (χ0) is 13.1. The monoisotopic (exact) mass is 259 g/mol. The molecule has 2 heteroatoms. The molecule has 0 heterocycles. The van der Waals surface area contributed by atoms with Gasteiger partial charge < -0.3 is 5.32 Å². The number of hydrogen-bond acceptors (Lipinski definition) is 1. The second kappa shape index (κ2) is 5.45. The van der Waals surface area contributed by atoms with Gasteiger partial charge >= 0.3 is 0 Å². The van der Waals surface area contributed by atoms with Gasteiger partial charge in [-0.05, 0) is 55.2 Å². The Labute approximate surface area is 114 Å². The summed E-state index contributed by atoms with van der Waals surface area (Å²) in [5, 5.41) is 4.20. The molecule has 2 aromatic carbocycles. The van der Waals surface area contributed by atoms with E-state index in [1.54, 1.807) is 0 Å². The molecule has 18 heavy (non-hydrogen) atoms. The van der Waals surface area contributed by atoms with Gasteiger partial charge in [0.05, 0.1) is 0 Å². The maximum atomic E-state index is 6.00. The van der Waals surface area contributed by atoms with Crippen molar-refractivity contribution in [2.24, 2.45) is 0 Å². The van der Waals surface area contributed by atoms with Crippen molar-refractivity contribution in [3.63, 3.8) is 0 Å². The van der Waals surface area contributed by atoms with Crippen LogP contribution in [0.5, 0.6) is 0 Å². The minimum Gasteiger partial charge on any atom is -0.381 e. The van der Waals surface area contributed by atoms with E-state index >= 15 is 0 Å². The zero-order valence-corrected chi connectivity index (χ0v) is 11.8. The first-order chi connectivity index (χ1) is 8.56. The molecule has 1 nitrogen and oxygen atoms in total. The highest BCUT2D eigenvalue weighted by atomic mass is 35.5. The quantitative estimate of drug-likeness (QED) is 0.829. The van der Waals surface area contributed by atoms with E-state index in [-0.39, 0.29) is 0 Å². The van der Waals surface area contributed by atoms with E-state index in [2.05, 4.69) is 44.3 Å². The van der Waals surface area contributed by atoms with Gasteiger partial charge in [0, 0.05) is 17.3 Å². The summed E-state index contributed by atoms with van der Waals surface area (Å²) in [7, 11) is 0. The first kappa shape index (κ1) is 13.0. The highest BCUT2D eigenvalue weighted by molar-refractivity contribution is 6.30. The molecule has 0 radical (unpaired) electrons. The van der Waals surface area contributed by atoms with Crippen LogP contribution in [0.15, 0.2) is 36.4 Å². The fourth-order valence-corrected chi connectivity index (χ4v) is 2.07. The van der Waals surface area contributed by atoms with Gasteiger partial charge in [-0.1, -0.05) is 35.9 Å². The number of rotatable bonds is 3. The lowest BCUT2D eigenvalue weighted by atomic mass is 10.1. The summed E-state index contributed by atoms with van der Waals surface area (Å²) in [6, 6.07) is 12.5. The summed E-state index contributed by atoms with van der Waals surface area (Å²) in [5.41, 5.74) is 6.26. The summed E-state index contributed by atoms with van der Waals surface area (Å²) >= 11 is 6.00. The molecule has 0 amide bonds. The molecule has 0 unspecified atom stereocenters. The minimum absolute atomic E-state index is 0.767. The van der Waals surface area contributed by atoms with Gasteiger partial charge in [-0.15, -0.1) is 0 Å². The van der Waals surface area contributed by atoms with Crippen molar-refractivity contribution in [2.45, 2.75) is 27.3 Å². The zero-order valence-electron chi connectivity index (χ0n) is 11.0. The molecule has 0 spiro atoms. The van der Waals surface area contributed by atoms with Gasteiger partial charge in [-0.3, -0.25) is 0 Å². The molecule has 0 atom stereocenters. The predicted octanol–water partition coefficient (Wildman–Crippen LogP) is 4.88. The fourth-order valence-electron chi connectivity index (χ4n) is 1.90. The summed E-state index contributed by atoms with van der Waals surface area (Å²) in [4.78, 5) is 0. The van der Waals surface area contributed by atoms with Crippen LogP contribution in [0.25, 0.3) is 0 Å². The molecule has 0 aliphatic heterocycles. The molecule has 0 saturated carbocycles. The van der Waals surface area contributed by atoms with Crippen molar-refractivity contribution in [3.05, 3.63) is 63.7 Å². The van der Waals surface area contributed by atoms with E-state index in [9.17, 15) is 0 Å². The van der Waals surface area contributed by atoms with Crippen LogP contribution in [0, 0.1) is 20.8 Å². The number of aryl methyl sites for hydroxylation is 3. The maximum Gasteiger partial charge on any atom is 0.0426 e. The predicted molar refractivity (Wildman–Crippen MR) is 79.4 cm³/mol. The molecule has 0 aliphatic rings. The third-order valence-electron chi connectivity index (χ3n) is 3.25. The molecule has 1 N–H and O–H groups in total. The standard InChI is InChI=1S/C16H18ClN/c1-11-4-6-14(8-13(11)3)10-18-16-9-15(17)7-5-12(16)2/h4-9,18H,10H2,1-3H3. The number of benzene rings is 2. The summed E-state index contributed by atoms with van der Waals surface area (Å²) < 4.78 is 0. The molecule has 0 aliphatic carbocycles. The summed E-state index contributed by atoms with van der Waals surface area (Å²) in [5.74, 6) is 0. The number of halogens is 1. The van der Waals surface area contributed by atoms with Gasteiger partial charge in [0.15, 0.2) is 0 Å². The average molecular weight is 260 g/mol. The highest BCUT2D eigenvalue weighted by Crippen LogP contribution is 2.21. The second-order valence-corrected chi connectivity index (χ2v) is 5.17. The van der Waals surface area contributed by atoms with E-state index in [1.165, 1.54) is 22.3 Å². The second-order valence-electron chi connectivity index (χ2n) is 4.73. The number of hydrogen-bond donors (Lipinski definition) is 1. The Morgan fingerprint density at radius 2 is 1.61 bits per heavy atom. The third-order valence-corrected chi connectivity index (χ3v) is 3.49. The number of nitrogens with one attached hydrogen (secondary N) is 1. The van der Waals surface area contributed by atoms with Crippen molar-refractivity contribution >= 4 is 17.3 Å². The van der Waals surface area contributed by atoms with Crippen LogP contribution in [0.4, 0.5) is 5.69 Å². The van der Waals surface area contributed by atoms with E-state index in [1.807, 2.05) is 18.2 Å². The Morgan fingerprint density at radius 3 is 2.33 bits per heavy atom. The molecular formula is C16H18ClN. The lowest BCUT2D eigenvalue weighted by Crippen LogP contribution is -2.01. The minimum atomic E-state index is 0.767. The summed E-state index contributed by atoms with van der Waals surface area (Å²) in [6.07, 6.45) is 0. The van der Waals surface area contributed by atoms with Crippen LogP contribution < -0.4 is 5.32 Å². The van der Waals surface area contributed by atoms with Crippen molar-refractivity contribution in [2.75, 3.05) is 5.32 Å². The molecule has 0 aromatic heterocycles. The lowest BCUT2D eigenvalue weighted by Gasteiger charge is -2.11. The van der Waals surface area contributed by atoms with Crippen LogP contribution in [-0.2, 0) is 6.54 Å². The molecule has 2 rings (SSSR count). The Morgan fingerprint density at radius 1 is 0.889 bits per heavy atom. The molecule has 0 saturated heterocycles. The van der Waals surface area contributed by atoms with Crippen LogP contribution in [-0.4, -0.2) is 0 Å². The SMILES string of the molecule is Cc1ccc(CNc2cc(Cl)ccc2C)cc1C. The molecular weight excluding hydrogens is 242 g/mol. The van der Waals surface area contributed by atoms with Gasteiger partial charge in [0.25, 0.3) is 0 Å². The normalized spacial score (nSPS) is 10.4. The maximum absolute atomic E-state index is 6.00. The Hall–Kier alpha value is -1.47. The molecule has 0 fully saturated rings. The Balaban J connectivity index is 2.11. The van der Waals surface area contributed by atoms with Crippen LogP contribution >= 0.6 is 11.6 Å². The Kier molecular flexibility index (Phi) is 3.93. The Bertz CT molecular complexity index is 561. The smallest absolute Gasteiger partial charge is 0.0426 e. The molecule has 94 valence electrons. The van der Waals surface area contributed by atoms with Crippen LogP contribution in [0.1, 0.15) is 22.3 Å². The van der Waals surface area contributed by atoms with Crippen molar-refractivity contribution in [3.8, 4) is 0 Å². The van der Waals surface area contributed by atoms with E-state index < -0.39 is 0 Å². The number of anilines is 1. The topological polar surface area (TPSA) is 12.0 Å². The summed E-state index contributed by atoms with van der Waals surface area (Å²) in [6.45, 7) is 7.18. The van der Waals surface area contributed by atoms with Crippen LogP contribution in [0.2, 0.25) is 5.02 Å². The van der Waals surface area contributed by atoms with Crippen molar-refractivity contribution < 1.29 is 0 Å². The average Bonchev–Trinajstić information content (AvgIpc) is 2.34. The first-order valence-electron chi connectivity index (χ1n) is 6.12. The third kappa shape index (κ3) is 3.05. The van der Waals surface area contributed by atoms with Gasteiger partial charge in [-0.25, -0.2) is 0 Å². The van der Waals surface area contributed by atoms with Gasteiger partial charge in [-0.2, -0.15) is 0 Å². The van der Waals surface area contributed by atoms with Crippen molar-refractivity contribution in [1.82, 2.24) is 0 Å². The van der Waals surface area contributed by atoms with E-state index in [4.69, 9.17) is 11.6 Å². The highest BCUT2D eigenvalue weighted by Gasteiger charge is 2.00. The van der Waals surface area contributed by atoms with Crippen LogP contribution in [0.3, 0.4) is 0 Å². The van der Waals surface area contributed by atoms with E-state index in [0.29, 0.717) is 0 Å². The van der Waals surface area contributed by atoms with Gasteiger partial charge in [0.1, 0.15) is 0 Å². The van der Waals surface area contributed by atoms with Gasteiger partial charge in [0.2, 0.25) is 0 Å². The molecule has 2 aromatic rings. The fraction of sp³-hybridized carbons (Fsp3) is 0.250. The molecule has 0 bridgehead atoms. The lowest BCUT2D eigenvalue weighted by molar-refractivity contribution is 1.12. The van der Waals surface area contributed by atoms with Crippen molar-refractivity contribution in [1.29, 1.82) is 0 Å².